The summed E-state index contributed by atoms with van der Waals surface area (Å²) in [4.78, 5) is 22.9. The summed E-state index contributed by atoms with van der Waals surface area (Å²) in [5, 5.41) is 11.0. The van der Waals surface area contributed by atoms with Crippen LogP contribution in [-0.2, 0) is 16.0 Å². The van der Waals surface area contributed by atoms with Gasteiger partial charge in [0, 0.05) is 12.1 Å². The first-order valence-corrected chi connectivity index (χ1v) is 7.67. The van der Waals surface area contributed by atoms with Crippen molar-refractivity contribution in [1.82, 2.24) is 0 Å². The van der Waals surface area contributed by atoms with Gasteiger partial charge in [0.1, 0.15) is 0 Å². The normalized spacial score (nSPS) is 11.5. The van der Waals surface area contributed by atoms with Gasteiger partial charge in [-0.25, -0.2) is 0 Å². The molecule has 5 nitrogen and oxygen atoms in total. The molecule has 0 bridgehead atoms. The number of benzene rings is 2. The molecular formula is C19H19NO4. The molecule has 0 spiro atoms. The van der Waals surface area contributed by atoms with Gasteiger partial charge < -0.3 is 4.74 Å². The third-order valence-electron chi connectivity index (χ3n) is 3.70. The fourth-order valence-corrected chi connectivity index (χ4v) is 2.46. The minimum absolute atomic E-state index is 0.0315. The number of nitro benzene ring substituents is 1. The van der Waals surface area contributed by atoms with Gasteiger partial charge in [-0.15, -0.1) is 0 Å². The van der Waals surface area contributed by atoms with Gasteiger partial charge in [-0.3, -0.25) is 14.9 Å². The molecule has 5 heteroatoms. The first kappa shape index (κ1) is 17.4. The van der Waals surface area contributed by atoms with E-state index in [2.05, 4.69) is 6.58 Å². The molecule has 124 valence electrons. The van der Waals surface area contributed by atoms with E-state index >= 15 is 0 Å². The van der Waals surface area contributed by atoms with Crippen molar-refractivity contribution in [1.29, 1.82) is 0 Å². The Balaban J connectivity index is 2.32. The zero-order chi connectivity index (χ0) is 17.5. The Morgan fingerprint density at radius 1 is 1.21 bits per heavy atom. The lowest BCUT2D eigenvalue weighted by atomic mass is 9.88. The molecule has 24 heavy (non-hydrogen) atoms. The van der Waals surface area contributed by atoms with E-state index in [4.69, 9.17) is 4.74 Å². The van der Waals surface area contributed by atoms with Crippen LogP contribution in [0.3, 0.4) is 0 Å². The number of nitro groups is 1. The van der Waals surface area contributed by atoms with Crippen LogP contribution in [0.1, 0.15) is 18.1 Å². The van der Waals surface area contributed by atoms with Crippen LogP contribution in [0.4, 0.5) is 5.69 Å². The van der Waals surface area contributed by atoms with E-state index in [0.29, 0.717) is 17.6 Å². The summed E-state index contributed by atoms with van der Waals surface area (Å²) in [7, 11) is 0. The first-order valence-electron chi connectivity index (χ1n) is 7.67. The fraction of sp³-hybridized carbons (Fsp3) is 0.211. The second-order valence-electron chi connectivity index (χ2n) is 5.33. The lowest BCUT2D eigenvalue weighted by Gasteiger charge is -2.18. The Kier molecular flexibility index (Phi) is 5.84. The number of non-ortho nitro benzene ring substituents is 1. The van der Waals surface area contributed by atoms with Crippen LogP contribution in [0.2, 0.25) is 0 Å². The topological polar surface area (TPSA) is 69.4 Å². The number of hydrogen-bond acceptors (Lipinski definition) is 4. The molecule has 1 unspecified atom stereocenters. The standard InChI is InChI=1S/C19H19NO4/c1-3-24-19(21)18(12-15-8-5-4-6-9-15)14(2)16-10-7-11-17(13-16)20(22)23/h4-11,13,18H,2-3,12H2,1H3. The monoisotopic (exact) mass is 325 g/mol. The zero-order valence-corrected chi connectivity index (χ0v) is 13.5. The summed E-state index contributed by atoms with van der Waals surface area (Å²) in [5.74, 6) is -0.966. The molecule has 0 saturated carbocycles. The third-order valence-corrected chi connectivity index (χ3v) is 3.70. The Morgan fingerprint density at radius 3 is 2.54 bits per heavy atom. The molecule has 0 aliphatic heterocycles. The van der Waals surface area contributed by atoms with Gasteiger partial charge in [0.25, 0.3) is 5.69 Å². The summed E-state index contributed by atoms with van der Waals surface area (Å²) in [6.07, 6.45) is 0.432. The van der Waals surface area contributed by atoms with Crippen LogP contribution in [0.5, 0.6) is 0 Å². The fourth-order valence-electron chi connectivity index (χ4n) is 2.46. The van der Waals surface area contributed by atoms with E-state index in [1.54, 1.807) is 19.1 Å². The predicted molar refractivity (Wildman–Crippen MR) is 92.4 cm³/mol. The summed E-state index contributed by atoms with van der Waals surface area (Å²) < 4.78 is 5.16. The SMILES string of the molecule is C=C(c1cccc([N+](=O)[O-])c1)C(Cc1ccccc1)C(=O)OCC. The molecule has 2 rings (SSSR count). The Hall–Kier alpha value is -2.95. The highest BCUT2D eigenvalue weighted by molar-refractivity contribution is 5.88. The minimum atomic E-state index is -0.589. The lowest BCUT2D eigenvalue weighted by molar-refractivity contribution is -0.384. The second-order valence-corrected chi connectivity index (χ2v) is 5.33. The second kappa shape index (κ2) is 8.06. The molecule has 0 amide bonds. The molecular weight excluding hydrogens is 306 g/mol. The number of rotatable bonds is 7. The summed E-state index contributed by atoms with van der Waals surface area (Å²) in [6.45, 7) is 6.02. The van der Waals surface area contributed by atoms with Gasteiger partial charge in [-0.1, -0.05) is 49.0 Å². The van der Waals surface area contributed by atoms with Crippen molar-refractivity contribution in [2.24, 2.45) is 5.92 Å². The van der Waals surface area contributed by atoms with Crippen LogP contribution in [0.15, 0.2) is 61.2 Å². The van der Waals surface area contributed by atoms with E-state index in [1.165, 1.54) is 12.1 Å². The molecule has 0 radical (unpaired) electrons. The van der Waals surface area contributed by atoms with Crippen LogP contribution < -0.4 is 0 Å². The molecule has 0 aliphatic carbocycles. The van der Waals surface area contributed by atoms with E-state index in [0.717, 1.165) is 5.56 Å². The molecule has 0 fully saturated rings. The van der Waals surface area contributed by atoms with Crippen molar-refractivity contribution < 1.29 is 14.5 Å². The smallest absolute Gasteiger partial charge is 0.313 e. The number of ether oxygens (including phenoxy) is 1. The van der Waals surface area contributed by atoms with Crippen LogP contribution >= 0.6 is 0 Å². The number of nitrogens with zero attached hydrogens (tertiary/aromatic N) is 1. The lowest BCUT2D eigenvalue weighted by Crippen LogP contribution is -2.21. The highest BCUT2D eigenvalue weighted by Gasteiger charge is 2.25. The molecule has 2 aromatic carbocycles. The van der Waals surface area contributed by atoms with Gasteiger partial charge in [-0.2, -0.15) is 0 Å². The summed E-state index contributed by atoms with van der Waals surface area (Å²) >= 11 is 0. The first-order chi connectivity index (χ1) is 11.5. The number of carbonyl (C=O) groups excluding carboxylic acids is 1. The van der Waals surface area contributed by atoms with Crippen molar-refractivity contribution in [3.05, 3.63) is 82.4 Å². The summed E-state index contributed by atoms with van der Waals surface area (Å²) in [5.41, 5.74) is 2.03. The molecule has 0 heterocycles. The van der Waals surface area contributed by atoms with Crippen LogP contribution in [0.25, 0.3) is 5.57 Å². The largest absolute Gasteiger partial charge is 0.466 e. The Bertz CT molecular complexity index is 740. The van der Waals surface area contributed by atoms with Crippen molar-refractivity contribution in [3.63, 3.8) is 0 Å². The van der Waals surface area contributed by atoms with E-state index in [-0.39, 0.29) is 18.3 Å². The molecule has 1 atom stereocenters. The maximum Gasteiger partial charge on any atom is 0.313 e. The zero-order valence-electron chi connectivity index (χ0n) is 13.5. The van der Waals surface area contributed by atoms with Gasteiger partial charge in [0.2, 0.25) is 0 Å². The Labute approximate surface area is 140 Å². The maximum absolute atomic E-state index is 12.4. The molecule has 2 aromatic rings. The van der Waals surface area contributed by atoms with E-state index in [9.17, 15) is 14.9 Å². The number of esters is 1. The van der Waals surface area contributed by atoms with Crippen molar-refractivity contribution >= 4 is 17.2 Å². The molecule has 0 aromatic heterocycles. The Morgan fingerprint density at radius 2 is 1.92 bits per heavy atom. The highest BCUT2D eigenvalue weighted by atomic mass is 16.6. The van der Waals surface area contributed by atoms with Crippen LogP contribution in [0, 0.1) is 16.0 Å². The average molecular weight is 325 g/mol. The van der Waals surface area contributed by atoms with Crippen molar-refractivity contribution in [2.75, 3.05) is 6.61 Å². The van der Waals surface area contributed by atoms with E-state index < -0.39 is 10.8 Å². The molecule has 0 aliphatic rings. The van der Waals surface area contributed by atoms with Crippen molar-refractivity contribution in [3.8, 4) is 0 Å². The highest BCUT2D eigenvalue weighted by Crippen LogP contribution is 2.28. The number of hydrogen-bond donors (Lipinski definition) is 0. The van der Waals surface area contributed by atoms with Gasteiger partial charge in [0.15, 0.2) is 0 Å². The number of carbonyl (C=O) groups is 1. The van der Waals surface area contributed by atoms with Gasteiger partial charge in [0.05, 0.1) is 17.4 Å². The third kappa shape index (κ3) is 4.29. The van der Waals surface area contributed by atoms with Crippen molar-refractivity contribution in [2.45, 2.75) is 13.3 Å². The van der Waals surface area contributed by atoms with Crippen LogP contribution in [-0.4, -0.2) is 17.5 Å². The predicted octanol–water partition coefficient (Wildman–Crippen LogP) is 4.03. The maximum atomic E-state index is 12.4. The molecule has 0 saturated heterocycles. The van der Waals surface area contributed by atoms with Gasteiger partial charge >= 0.3 is 5.97 Å². The molecule has 0 N–H and O–H groups in total. The summed E-state index contributed by atoms with van der Waals surface area (Å²) in [6, 6.07) is 15.7. The quantitative estimate of drug-likeness (QED) is 0.438. The minimum Gasteiger partial charge on any atom is -0.466 e. The average Bonchev–Trinajstić information content (AvgIpc) is 2.60. The van der Waals surface area contributed by atoms with Gasteiger partial charge in [-0.05, 0) is 30.0 Å². The van der Waals surface area contributed by atoms with E-state index in [1.807, 2.05) is 30.3 Å².